The Morgan fingerprint density at radius 3 is 2.52 bits per heavy atom. The second-order valence-corrected chi connectivity index (χ2v) is 5.02. The minimum absolute atomic E-state index is 0.113. The lowest BCUT2D eigenvalue weighted by molar-refractivity contribution is -0.119. The maximum atomic E-state index is 11.6. The first-order valence-electron chi connectivity index (χ1n) is 6.21. The number of amides is 1. The van der Waals surface area contributed by atoms with Crippen molar-refractivity contribution in [1.29, 1.82) is 0 Å². The van der Waals surface area contributed by atoms with Crippen molar-refractivity contribution in [3.8, 4) is 0 Å². The van der Waals surface area contributed by atoms with Gasteiger partial charge in [0.15, 0.2) is 0 Å². The van der Waals surface area contributed by atoms with Crippen LogP contribution in [0.1, 0.15) is 5.56 Å². The van der Waals surface area contributed by atoms with Crippen LogP contribution in [0.2, 0.25) is 10.0 Å². The highest BCUT2D eigenvalue weighted by molar-refractivity contribution is 6.33. The molecule has 1 amide bonds. The second kappa shape index (κ2) is 7.67. The fraction of sp³-hybridized carbons (Fsp3) is 0.0667. The lowest BCUT2D eigenvalue weighted by Gasteiger charge is -2.05. The predicted octanol–water partition coefficient (Wildman–Crippen LogP) is 3.56. The van der Waals surface area contributed by atoms with Crippen LogP contribution in [-0.4, -0.2) is 18.7 Å². The summed E-state index contributed by atoms with van der Waals surface area (Å²) in [6, 6.07) is 14.3. The number of carbonyl (C=O) groups is 1. The quantitative estimate of drug-likeness (QED) is 0.653. The lowest BCUT2D eigenvalue weighted by atomic mass is 10.2. The molecule has 0 aromatic heterocycles. The number of hydrogen-bond acceptors (Lipinski definition) is 3. The van der Waals surface area contributed by atoms with Crippen LogP contribution in [0.25, 0.3) is 0 Å². The third-order valence-corrected chi connectivity index (χ3v) is 3.19. The van der Waals surface area contributed by atoms with Gasteiger partial charge in [0.2, 0.25) is 0 Å². The van der Waals surface area contributed by atoms with Crippen molar-refractivity contribution in [1.82, 2.24) is 5.43 Å². The van der Waals surface area contributed by atoms with E-state index in [1.54, 1.807) is 30.3 Å². The Balaban J connectivity index is 1.80. The molecule has 0 saturated carbocycles. The molecule has 0 aliphatic rings. The first-order chi connectivity index (χ1) is 10.1. The number of nitrogens with zero attached hydrogens (tertiary/aromatic N) is 1. The van der Waals surface area contributed by atoms with E-state index in [-0.39, 0.29) is 12.5 Å². The summed E-state index contributed by atoms with van der Waals surface area (Å²) in [5, 5.41) is 8.05. The molecule has 108 valence electrons. The van der Waals surface area contributed by atoms with E-state index < -0.39 is 0 Å². The van der Waals surface area contributed by atoms with Gasteiger partial charge in [-0.05, 0) is 30.3 Å². The van der Waals surface area contributed by atoms with E-state index in [2.05, 4.69) is 15.8 Å². The number of rotatable bonds is 5. The third kappa shape index (κ3) is 5.10. The minimum Gasteiger partial charge on any atom is -0.376 e. The molecular weight excluding hydrogens is 309 g/mol. The van der Waals surface area contributed by atoms with E-state index in [4.69, 9.17) is 23.2 Å². The number of hydrazone groups is 1. The monoisotopic (exact) mass is 321 g/mol. The van der Waals surface area contributed by atoms with Crippen molar-refractivity contribution in [2.24, 2.45) is 5.10 Å². The molecule has 2 aromatic carbocycles. The molecule has 0 radical (unpaired) electrons. The van der Waals surface area contributed by atoms with Crippen LogP contribution in [0.15, 0.2) is 53.6 Å². The smallest absolute Gasteiger partial charge is 0.259 e. The van der Waals surface area contributed by atoms with E-state index in [0.717, 1.165) is 11.3 Å². The molecule has 21 heavy (non-hydrogen) atoms. The summed E-state index contributed by atoms with van der Waals surface area (Å²) in [6.07, 6.45) is 1.50. The van der Waals surface area contributed by atoms with Gasteiger partial charge in [-0.2, -0.15) is 5.10 Å². The van der Waals surface area contributed by atoms with Crippen LogP contribution >= 0.6 is 23.2 Å². The van der Waals surface area contributed by atoms with Gasteiger partial charge in [0, 0.05) is 21.3 Å². The minimum atomic E-state index is -0.256. The van der Waals surface area contributed by atoms with E-state index in [9.17, 15) is 4.79 Å². The maximum Gasteiger partial charge on any atom is 0.259 e. The van der Waals surface area contributed by atoms with E-state index in [1.807, 2.05) is 18.2 Å². The molecule has 6 heteroatoms. The number of carbonyl (C=O) groups excluding carboxylic acids is 1. The highest BCUT2D eigenvalue weighted by Gasteiger charge is 2.00. The van der Waals surface area contributed by atoms with Crippen molar-refractivity contribution < 1.29 is 4.79 Å². The Labute approximate surface area is 132 Å². The zero-order valence-corrected chi connectivity index (χ0v) is 12.5. The summed E-state index contributed by atoms with van der Waals surface area (Å²) in [7, 11) is 0. The molecule has 0 unspecified atom stereocenters. The Morgan fingerprint density at radius 2 is 1.81 bits per heavy atom. The van der Waals surface area contributed by atoms with E-state index in [0.29, 0.717) is 10.0 Å². The van der Waals surface area contributed by atoms with Gasteiger partial charge < -0.3 is 5.32 Å². The van der Waals surface area contributed by atoms with Crippen molar-refractivity contribution in [2.75, 3.05) is 11.9 Å². The second-order valence-electron chi connectivity index (χ2n) is 4.18. The van der Waals surface area contributed by atoms with Gasteiger partial charge in [-0.1, -0.05) is 41.4 Å². The average molecular weight is 322 g/mol. The van der Waals surface area contributed by atoms with Crippen molar-refractivity contribution in [3.63, 3.8) is 0 Å². The molecule has 0 saturated heterocycles. The molecule has 2 aromatic rings. The lowest BCUT2D eigenvalue weighted by Crippen LogP contribution is -2.25. The average Bonchev–Trinajstić information content (AvgIpc) is 2.49. The Hall–Kier alpha value is -2.04. The molecule has 0 aliphatic carbocycles. The van der Waals surface area contributed by atoms with Crippen molar-refractivity contribution in [2.45, 2.75) is 0 Å². The summed E-state index contributed by atoms with van der Waals surface area (Å²) in [5.41, 5.74) is 3.97. The molecule has 0 aliphatic heterocycles. The molecule has 2 rings (SSSR count). The highest BCUT2D eigenvalue weighted by Crippen LogP contribution is 2.13. The number of anilines is 1. The SMILES string of the molecule is O=C(CNc1ccc(Cl)cc1)NN=Cc1ccccc1Cl. The molecule has 0 spiro atoms. The first kappa shape index (κ1) is 15.4. The zero-order valence-electron chi connectivity index (χ0n) is 11.0. The molecule has 0 bridgehead atoms. The molecule has 2 N–H and O–H groups in total. The van der Waals surface area contributed by atoms with Crippen LogP contribution in [-0.2, 0) is 4.79 Å². The predicted molar refractivity (Wildman–Crippen MR) is 87.1 cm³/mol. The van der Waals surface area contributed by atoms with Crippen LogP contribution in [0.3, 0.4) is 0 Å². The topological polar surface area (TPSA) is 53.5 Å². The largest absolute Gasteiger partial charge is 0.376 e. The van der Waals surface area contributed by atoms with Crippen LogP contribution in [0.5, 0.6) is 0 Å². The number of nitrogens with one attached hydrogen (secondary N) is 2. The number of benzene rings is 2. The maximum absolute atomic E-state index is 11.6. The van der Waals surface area contributed by atoms with Gasteiger partial charge in [0.1, 0.15) is 0 Å². The summed E-state index contributed by atoms with van der Waals surface area (Å²) in [5.74, 6) is -0.256. The van der Waals surface area contributed by atoms with Gasteiger partial charge in [-0.15, -0.1) is 0 Å². The zero-order chi connectivity index (χ0) is 15.1. The Kier molecular flexibility index (Phi) is 5.60. The van der Waals surface area contributed by atoms with Gasteiger partial charge in [0.25, 0.3) is 5.91 Å². The molecule has 0 fully saturated rings. The number of halogens is 2. The van der Waals surface area contributed by atoms with Crippen LogP contribution in [0, 0.1) is 0 Å². The van der Waals surface area contributed by atoms with E-state index >= 15 is 0 Å². The number of hydrogen-bond donors (Lipinski definition) is 2. The van der Waals surface area contributed by atoms with Crippen molar-refractivity contribution in [3.05, 3.63) is 64.1 Å². The Morgan fingerprint density at radius 1 is 1.10 bits per heavy atom. The van der Waals surface area contributed by atoms with Crippen LogP contribution < -0.4 is 10.7 Å². The van der Waals surface area contributed by atoms with Crippen molar-refractivity contribution >= 4 is 41.0 Å². The summed E-state index contributed by atoms with van der Waals surface area (Å²) in [6.45, 7) is 0.113. The third-order valence-electron chi connectivity index (χ3n) is 2.60. The van der Waals surface area contributed by atoms with Gasteiger partial charge in [0.05, 0.1) is 12.8 Å². The normalized spacial score (nSPS) is 10.6. The summed E-state index contributed by atoms with van der Waals surface area (Å²) in [4.78, 5) is 11.6. The first-order valence-corrected chi connectivity index (χ1v) is 6.96. The summed E-state index contributed by atoms with van der Waals surface area (Å²) >= 11 is 11.7. The Bertz CT molecular complexity index is 642. The molecule has 0 heterocycles. The molecule has 4 nitrogen and oxygen atoms in total. The standard InChI is InChI=1S/C15H13Cl2N3O/c16-12-5-7-13(8-6-12)18-10-15(21)20-19-9-11-3-1-2-4-14(11)17/h1-9,18H,10H2,(H,20,21). The van der Waals surface area contributed by atoms with Gasteiger partial charge in [-0.3, -0.25) is 4.79 Å². The molecular formula is C15H13Cl2N3O. The molecule has 0 atom stereocenters. The van der Waals surface area contributed by atoms with E-state index in [1.165, 1.54) is 6.21 Å². The fourth-order valence-corrected chi connectivity index (χ4v) is 1.85. The van der Waals surface area contributed by atoms with Gasteiger partial charge >= 0.3 is 0 Å². The van der Waals surface area contributed by atoms with Gasteiger partial charge in [-0.25, -0.2) is 5.43 Å². The highest BCUT2D eigenvalue weighted by atomic mass is 35.5. The summed E-state index contributed by atoms with van der Waals surface area (Å²) < 4.78 is 0. The van der Waals surface area contributed by atoms with Crippen LogP contribution in [0.4, 0.5) is 5.69 Å². The fourth-order valence-electron chi connectivity index (χ4n) is 1.54.